The van der Waals surface area contributed by atoms with Gasteiger partial charge in [-0.25, -0.2) is 0 Å². The molecule has 0 aliphatic heterocycles. The van der Waals surface area contributed by atoms with E-state index in [0.29, 0.717) is 12.5 Å². The van der Waals surface area contributed by atoms with Crippen molar-refractivity contribution in [1.82, 2.24) is 0 Å². The molecule has 0 saturated heterocycles. The topological polar surface area (TPSA) is 20.2 Å². The number of allylic oxidation sites excluding steroid dienone is 4. The molecule has 0 fully saturated rings. The first kappa shape index (κ1) is 6.56. The molecule has 1 N–H and O–H groups in total. The average Bonchev–Trinajstić information content (AvgIpc) is 1.91. The molecule has 0 radical (unpaired) electrons. The molecule has 1 atom stereocenters. The number of hydrogen-bond acceptors (Lipinski definition) is 1. The Labute approximate surface area is 55.7 Å². The summed E-state index contributed by atoms with van der Waals surface area (Å²) in [6, 6.07) is 0. The van der Waals surface area contributed by atoms with Gasteiger partial charge in [-0.1, -0.05) is 24.3 Å². The van der Waals surface area contributed by atoms with Crippen molar-refractivity contribution >= 4 is 0 Å². The highest BCUT2D eigenvalue weighted by Crippen LogP contribution is 2.13. The van der Waals surface area contributed by atoms with E-state index in [2.05, 4.69) is 12.2 Å². The zero-order valence-electron chi connectivity index (χ0n) is 5.46. The van der Waals surface area contributed by atoms with Crippen molar-refractivity contribution in [1.29, 1.82) is 0 Å². The van der Waals surface area contributed by atoms with E-state index in [4.69, 9.17) is 5.11 Å². The highest BCUT2D eigenvalue weighted by molar-refractivity contribution is 5.10. The molecule has 0 amide bonds. The number of rotatable bonds is 2. The monoisotopic (exact) mass is 124 g/mol. The van der Waals surface area contributed by atoms with Crippen molar-refractivity contribution in [3.05, 3.63) is 24.3 Å². The van der Waals surface area contributed by atoms with Crippen LogP contribution < -0.4 is 0 Å². The molecular weight excluding hydrogens is 112 g/mol. The summed E-state index contributed by atoms with van der Waals surface area (Å²) >= 11 is 0. The van der Waals surface area contributed by atoms with Crippen LogP contribution in [0.5, 0.6) is 0 Å². The second-order valence-corrected chi connectivity index (χ2v) is 2.32. The fourth-order valence-electron chi connectivity index (χ4n) is 1.01. The third-order valence-electron chi connectivity index (χ3n) is 1.57. The normalized spacial score (nSPS) is 24.8. The van der Waals surface area contributed by atoms with Crippen LogP contribution in [-0.2, 0) is 0 Å². The molecule has 50 valence electrons. The SMILES string of the molecule is OCCC1C=CC=CC1. The smallest absolute Gasteiger partial charge is 0.0436 e. The van der Waals surface area contributed by atoms with E-state index in [9.17, 15) is 0 Å². The van der Waals surface area contributed by atoms with Gasteiger partial charge in [0.15, 0.2) is 0 Å². The summed E-state index contributed by atoms with van der Waals surface area (Å²) in [6.07, 6.45) is 10.4. The lowest BCUT2D eigenvalue weighted by Gasteiger charge is -2.09. The second-order valence-electron chi connectivity index (χ2n) is 2.32. The Kier molecular flexibility index (Phi) is 2.52. The predicted octanol–water partition coefficient (Wildman–Crippen LogP) is 1.50. The van der Waals surface area contributed by atoms with Gasteiger partial charge < -0.3 is 5.11 Å². The third-order valence-corrected chi connectivity index (χ3v) is 1.57. The van der Waals surface area contributed by atoms with Gasteiger partial charge in [0.05, 0.1) is 0 Å². The Hall–Kier alpha value is -0.560. The Morgan fingerprint density at radius 2 is 2.33 bits per heavy atom. The van der Waals surface area contributed by atoms with Crippen molar-refractivity contribution in [2.24, 2.45) is 5.92 Å². The van der Waals surface area contributed by atoms with Gasteiger partial charge in [-0.3, -0.25) is 0 Å². The molecule has 0 bridgehead atoms. The standard InChI is InChI=1S/C8H12O/c9-7-6-8-4-2-1-3-5-8/h1-4,8-9H,5-7H2. The molecule has 0 heterocycles. The van der Waals surface area contributed by atoms with Crippen molar-refractivity contribution in [3.63, 3.8) is 0 Å². The Balaban J connectivity index is 2.28. The van der Waals surface area contributed by atoms with E-state index < -0.39 is 0 Å². The summed E-state index contributed by atoms with van der Waals surface area (Å²) in [5.41, 5.74) is 0. The van der Waals surface area contributed by atoms with E-state index in [1.807, 2.05) is 12.2 Å². The van der Waals surface area contributed by atoms with Crippen molar-refractivity contribution < 1.29 is 5.11 Å². The van der Waals surface area contributed by atoms with Gasteiger partial charge in [-0.2, -0.15) is 0 Å². The van der Waals surface area contributed by atoms with E-state index in [1.54, 1.807) is 0 Å². The molecule has 0 aromatic heterocycles. The summed E-state index contributed by atoms with van der Waals surface area (Å²) in [6.45, 7) is 0.308. The van der Waals surface area contributed by atoms with E-state index >= 15 is 0 Å². The first-order chi connectivity index (χ1) is 4.43. The van der Waals surface area contributed by atoms with Crippen LogP contribution in [0, 0.1) is 5.92 Å². The number of hydrogen-bond donors (Lipinski definition) is 1. The zero-order chi connectivity index (χ0) is 6.53. The number of aliphatic hydroxyl groups is 1. The maximum atomic E-state index is 8.56. The van der Waals surface area contributed by atoms with Gasteiger partial charge in [0, 0.05) is 6.61 Å². The molecule has 0 saturated carbocycles. The van der Waals surface area contributed by atoms with Gasteiger partial charge in [0.1, 0.15) is 0 Å². The van der Waals surface area contributed by atoms with Crippen LogP contribution in [-0.4, -0.2) is 11.7 Å². The van der Waals surface area contributed by atoms with Crippen LogP contribution in [0.4, 0.5) is 0 Å². The Morgan fingerprint density at radius 1 is 1.44 bits per heavy atom. The fraction of sp³-hybridized carbons (Fsp3) is 0.500. The molecule has 9 heavy (non-hydrogen) atoms. The van der Waals surface area contributed by atoms with Crippen LogP contribution in [0.3, 0.4) is 0 Å². The minimum absolute atomic E-state index is 0.308. The minimum atomic E-state index is 0.308. The summed E-state index contributed by atoms with van der Waals surface area (Å²) in [4.78, 5) is 0. The lowest BCUT2D eigenvalue weighted by molar-refractivity contribution is 0.270. The molecule has 0 aromatic carbocycles. The largest absolute Gasteiger partial charge is 0.396 e. The zero-order valence-corrected chi connectivity index (χ0v) is 5.46. The molecule has 1 unspecified atom stereocenters. The Morgan fingerprint density at radius 3 is 2.89 bits per heavy atom. The highest BCUT2D eigenvalue weighted by atomic mass is 16.3. The van der Waals surface area contributed by atoms with Gasteiger partial charge in [0.2, 0.25) is 0 Å². The van der Waals surface area contributed by atoms with Crippen LogP contribution in [0.15, 0.2) is 24.3 Å². The van der Waals surface area contributed by atoms with Gasteiger partial charge in [-0.05, 0) is 18.8 Å². The van der Waals surface area contributed by atoms with Crippen molar-refractivity contribution in [2.75, 3.05) is 6.61 Å². The number of aliphatic hydroxyl groups excluding tert-OH is 1. The second kappa shape index (κ2) is 3.46. The minimum Gasteiger partial charge on any atom is -0.396 e. The van der Waals surface area contributed by atoms with Gasteiger partial charge in [0.25, 0.3) is 0 Å². The van der Waals surface area contributed by atoms with Crippen LogP contribution in [0.2, 0.25) is 0 Å². The maximum absolute atomic E-state index is 8.56. The van der Waals surface area contributed by atoms with E-state index in [0.717, 1.165) is 12.8 Å². The molecule has 0 aromatic rings. The summed E-state index contributed by atoms with van der Waals surface area (Å²) in [5.74, 6) is 0.583. The quantitative estimate of drug-likeness (QED) is 0.591. The third kappa shape index (κ3) is 2.02. The maximum Gasteiger partial charge on any atom is 0.0436 e. The van der Waals surface area contributed by atoms with Gasteiger partial charge in [-0.15, -0.1) is 0 Å². The summed E-state index contributed by atoms with van der Waals surface area (Å²) in [7, 11) is 0. The molecule has 1 heteroatoms. The fourth-order valence-corrected chi connectivity index (χ4v) is 1.01. The molecule has 1 aliphatic carbocycles. The Bertz CT molecular complexity index is 125. The molecule has 1 rings (SSSR count). The molecular formula is C8H12O. The molecule has 0 spiro atoms. The predicted molar refractivity (Wildman–Crippen MR) is 38.1 cm³/mol. The lowest BCUT2D eigenvalue weighted by atomic mass is 9.98. The first-order valence-electron chi connectivity index (χ1n) is 3.37. The van der Waals surface area contributed by atoms with Crippen LogP contribution in [0.1, 0.15) is 12.8 Å². The molecule has 1 aliphatic rings. The highest BCUT2D eigenvalue weighted by Gasteiger charge is 2.02. The van der Waals surface area contributed by atoms with E-state index in [1.165, 1.54) is 0 Å². The van der Waals surface area contributed by atoms with Gasteiger partial charge >= 0.3 is 0 Å². The lowest BCUT2D eigenvalue weighted by Crippen LogP contribution is -1.99. The summed E-state index contributed by atoms with van der Waals surface area (Å²) in [5, 5.41) is 8.56. The average molecular weight is 124 g/mol. The van der Waals surface area contributed by atoms with Crippen LogP contribution in [0.25, 0.3) is 0 Å². The van der Waals surface area contributed by atoms with Crippen molar-refractivity contribution in [2.45, 2.75) is 12.8 Å². The molecule has 1 nitrogen and oxygen atoms in total. The van der Waals surface area contributed by atoms with Crippen molar-refractivity contribution in [3.8, 4) is 0 Å². The summed E-state index contributed by atoms with van der Waals surface area (Å²) < 4.78 is 0. The van der Waals surface area contributed by atoms with Crippen LogP contribution >= 0.6 is 0 Å². The van der Waals surface area contributed by atoms with E-state index in [-0.39, 0.29) is 0 Å². The first-order valence-corrected chi connectivity index (χ1v) is 3.37.